The highest BCUT2D eigenvalue weighted by atomic mass is 16.5. The molecule has 1 aliphatic rings. The Labute approximate surface area is 109 Å². The summed E-state index contributed by atoms with van der Waals surface area (Å²) in [5.41, 5.74) is -1.17. The summed E-state index contributed by atoms with van der Waals surface area (Å²) in [6.45, 7) is 11.4. The number of nitrogens with one attached hydrogen (secondary N) is 2. The van der Waals surface area contributed by atoms with Gasteiger partial charge < -0.3 is 10.1 Å². The molecule has 1 rings (SSSR count). The summed E-state index contributed by atoms with van der Waals surface area (Å²) in [7, 11) is 0. The van der Waals surface area contributed by atoms with Gasteiger partial charge in [0.2, 0.25) is 5.91 Å². The molecule has 0 unspecified atom stereocenters. The maximum Gasteiger partial charge on any atom is 0.323 e. The number of hydrogen-bond acceptors (Lipinski definition) is 4. The fourth-order valence-corrected chi connectivity index (χ4v) is 1.80. The highest BCUT2D eigenvalue weighted by Crippen LogP contribution is 2.18. The Balaban J connectivity index is 2.81. The van der Waals surface area contributed by atoms with Gasteiger partial charge in [0.25, 0.3) is 0 Å². The largest absolute Gasteiger partial charge is 0.462 e. The van der Waals surface area contributed by atoms with E-state index >= 15 is 0 Å². The van der Waals surface area contributed by atoms with Crippen molar-refractivity contribution in [2.24, 2.45) is 5.92 Å². The Morgan fingerprint density at radius 3 is 2.50 bits per heavy atom. The molecule has 0 spiro atoms. The number of carbonyl (C=O) groups is 2. The summed E-state index contributed by atoms with van der Waals surface area (Å²) in [6, 6.07) is -0.436. The number of morpholine rings is 1. The molecule has 5 nitrogen and oxygen atoms in total. The molecule has 0 aliphatic carbocycles. The van der Waals surface area contributed by atoms with Crippen LogP contribution in [0.5, 0.6) is 0 Å². The quantitative estimate of drug-likeness (QED) is 0.718. The molecule has 0 aromatic heterocycles. The van der Waals surface area contributed by atoms with Gasteiger partial charge in [0.15, 0.2) is 0 Å². The van der Waals surface area contributed by atoms with Gasteiger partial charge in [-0.1, -0.05) is 13.8 Å². The Hall–Kier alpha value is -1.10. The zero-order valence-corrected chi connectivity index (χ0v) is 12.1. The van der Waals surface area contributed by atoms with Crippen LogP contribution >= 0.6 is 0 Å². The van der Waals surface area contributed by atoms with Crippen LogP contribution in [0, 0.1) is 5.92 Å². The van der Waals surface area contributed by atoms with Crippen molar-refractivity contribution in [2.45, 2.75) is 58.7 Å². The average molecular weight is 256 g/mol. The van der Waals surface area contributed by atoms with Crippen LogP contribution in [0.25, 0.3) is 0 Å². The average Bonchev–Trinajstić information content (AvgIpc) is 2.19. The van der Waals surface area contributed by atoms with E-state index in [0.717, 1.165) is 0 Å². The first-order valence-electron chi connectivity index (χ1n) is 6.32. The molecule has 1 heterocycles. The maximum absolute atomic E-state index is 12.2. The van der Waals surface area contributed by atoms with E-state index in [4.69, 9.17) is 4.74 Å². The topological polar surface area (TPSA) is 67.4 Å². The van der Waals surface area contributed by atoms with E-state index in [1.807, 2.05) is 34.6 Å². The van der Waals surface area contributed by atoms with Crippen molar-refractivity contribution >= 4 is 11.9 Å². The molecule has 1 fully saturated rings. The predicted molar refractivity (Wildman–Crippen MR) is 69.0 cm³/mol. The fraction of sp³-hybridized carbons (Fsp3) is 0.846. The van der Waals surface area contributed by atoms with Gasteiger partial charge in [-0.2, -0.15) is 0 Å². The minimum absolute atomic E-state index is 0.0664. The van der Waals surface area contributed by atoms with Gasteiger partial charge in [-0.25, -0.2) is 0 Å². The SMILES string of the molecule is CC(C)[C@@H]1N[C@](C)(C(=O)NC(C)(C)C)COC1=O. The van der Waals surface area contributed by atoms with Crippen LogP contribution in [0.2, 0.25) is 0 Å². The molecular formula is C13H24N2O3. The van der Waals surface area contributed by atoms with Crippen molar-refractivity contribution < 1.29 is 14.3 Å². The van der Waals surface area contributed by atoms with Gasteiger partial charge in [-0.05, 0) is 33.6 Å². The van der Waals surface area contributed by atoms with Crippen LogP contribution in [-0.2, 0) is 14.3 Å². The number of hydrogen-bond donors (Lipinski definition) is 2. The number of cyclic esters (lactones) is 1. The van der Waals surface area contributed by atoms with Crippen LogP contribution in [0.15, 0.2) is 0 Å². The smallest absolute Gasteiger partial charge is 0.323 e. The summed E-state index contributed by atoms with van der Waals surface area (Å²) in [5.74, 6) is -0.348. The zero-order valence-electron chi connectivity index (χ0n) is 12.1. The summed E-state index contributed by atoms with van der Waals surface area (Å²) in [4.78, 5) is 23.9. The normalized spacial score (nSPS) is 29.1. The lowest BCUT2D eigenvalue weighted by Gasteiger charge is -2.40. The van der Waals surface area contributed by atoms with Gasteiger partial charge in [-0.3, -0.25) is 14.9 Å². The van der Waals surface area contributed by atoms with Crippen LogP contribution < -0.4 is 10.6 Å². The molecule has 104 valence electrons. The van der Waals surface area contributed by atoms with Crippen LogP contribution in [0.1, 0.15) is 41.5 Å². The number of rotatable bonds is 2. The van der Waals surface area contributed by atoms with Gasteiger partial charge in [0, 0.05) is 5.54 Å². The Bertz CT molecular complexity index is 347. The van der Waals surface area contributed by atoms with Crippen molar-refractivity contribution in [1.82, 2.24) is 10.6 Å². The van der Waals surface area contributed by atoms with Gasteiger partial charge in [-0.15, -0.1) is 0 Å². The van der Waals surface area contributed by atoms with E-state index in [1.54, 1.807) is 6.92 Å². The Kier molecular flexibility index (Phi) is 4.05. The third-order valence-corrected chi connectivity index (χ3v) is 2.89. The van der Waals surface area contributed by atoms with E-state index in [0.29, 0.717) is 0 Å². The van der Waals surface area contributed by atoms with E-state index in [9.17, 15) is 9.59 Å². The summed E-state index contributed by atoms with van der Waals surface area (Å²) >= 11 is 0. The lowest BCUT2D eigenvalue weighted by Crippen LogP contribution is -2.68. The molecule has 0 radical (unpaired) electrons. The first-order valence-corrected chi connectivity index (χ1v) is 6.32. The maximum atomic E-state index is 12.2. The number of esters is 1. The second kappa shape index (κ2) is 4.88. The first kappa shape index (κ1) is 15.0. The molecular weight excluding hydrogens is 232 g/mol. The molecule has 2 atom stereocenters. The summed E-state index contributed by atoms with van der Waals surface area (Å²) < 4.78 is 5.14. The van der Waals surface area contributed by atoms with E-state index in [1.165, 1.54) is 0 Å². The summed E-state index contributed by atoms with van der Waals surface area (Å²) in [5, 5.41) is 6.03. The fourth-order valence-electron chi connectivity index (χ4n) is 1.80. The van der Waals surface area contributed by atoms with Gasteiger partial charge in [0.1, 0.15) is 18.2 Å². The monoisotopic (exact) mass is 256 g/mol. The molecule has 1 aliphatic heterocycles. The minimum atomic E-state index is -0.865. The van der Waals surface area contributed by atoms with Crippen LogP contribution in [-0.4, -0.2) is 35.6 Å². The lowest BCUT2D eigenvalue weighted by molar-refractivity contribution is -0.160. The van der Waals surface area contributed by atoms with E-state index in [-0.39, 0.29) is 29.9 Å². The van der Waals surface area contributed by atoms with Crippen molar-refractivity contribution in [3.05, 3.63) is 0 Å². The zero-order chi connectivity index (χ0) is 14.1. The highest BCUT2D eigenvalue weighted by Gasteiger charge is 2.44. The minimum Gasteiger partial charge on any atom is -0.462 e. The third-order valence-electron chi connectivity index (χ3n) is 2.89. The molecule has 0 bridgehead atoms. The van der Waals surface area contributed by atoms with Gasteiger partial charge >= 0.3 is 5.97 Å². The number of carbonyl (C=O) groups excluding carboxylic acids is 2. The summed E-state index contributed by atoms with van der Waals surface area (Å²) in [6.07, 6.45) is 0. The molecule has 0 saturated carbocycles. The molecule has 1 saturated heterocycles. The molecule has 1 amide bonds. The van der Waals surface area contributed by atoms with E-state index in [2.05, 4.69) is 10.6 Å². The first-order chi connectivity index (χ1) is 8.05. The van der Waals surface area contributed by atoms with Crippen molar-refractivity contribution in [1.29, 1.82) is 0 Å². The molecule has 2 N–H and O–H groups in total. The third kappa shape index (κ3) is 3.45. The number of amides is 1. The highest BCUT2D eigenvalue weighted by molar-refractivity contribution is 5.89. The van der Waals surface area contributed by atoms with Crippen molar-refractivity contribution in [3.63, 3.8) is 0 Å². The molecule has 18 heavy (non-hydrogen) atoms. The lowest BCUT2D eigenvalue weighted by atomic mass is 9.93. The molecule has 0 aromatic rings. The Morgan fingerprint density at radius 2 is 2.06 bits per heavy atom. The predicted octanol–water partition coefficient (Wildman–Crippen LogP) is 0.831. The van der Waals surface area contributed by atoms with E-state index < -0.39 is 11.6 Å². The van der Waals surface area contributed by atoms with Crippen LogP contribution in [0.3, 0.4) is 0 Å². The standard InChI is InChI=1S/C13H24N2O3/c1-8(2)9-10(16)18-7-13(6,14-9)11(17)15-12(3,4)5/h8-9,14H,7H2,1-6H3,(H,15,17)/t9-,13-/m0/s1. The van der Waals surface area contributed by atoms with Crippen molar-refractivity contribution in [3.8, 4) is 0 Å². The van der Waals surface area contributed by atoms with Gasteiger partial charge in [0.05, 0.1) is 0 Å². The van der Waals surface area contributed by atoms with Crippen LogP contribution in [0.4, 0.5) is 0 Å². The second-order valence-electron chi connectivity index (χ2n) is 6.51. The van der Waals surface area contributed by atoms with Crippen molar-refractivity contribution in [2.75, 3.05) is 6.61 Å². The second-order valence-corrected chi connectivity index (χ2v) is 6.51. The molecule has 5 heteroatoms. The number of ether oxygens (including phenoxy) is 1. The Morgan fingerprint density at radius 1 is 1.50 bits per heavy atom. The molecule has 0 aromatic carbocycles.